The third-order valence-electron chi connectivity index (χ3n) is 5.32. The summed E-state index contributed by atoms with van der Waals surface area (Å²) in [6.45, 7) is 4.54. The molecule has 34 heavy (non-hydrogen) atoms. The molecule has 0 bridgehead atoms. The van der Waals surface area contributed by atoms with E-state index in [-0.39, 0.29) is 19.0 Å². The average molecular weight is 485 g/mol. The predicted octanol–water partition coefficient (Wildman–Crippen LogP) is 3.40. The molecule has 3 aromatic rings. The van der Waals surface area contributed by atoms with Crippen LogP contribution in [0.1, 0.15) is 33.1 Å². The first kappa shape index (κ1) is 25.2. The Hall–Kier alpha value is -3.39. The molecule has 8 nitrogen and oxygen atoms in total. The lowest BCUT2D eigenvalue weighted by Gasteiger charge is -2.14. The quantitative estimate of drug-likeness (QED) is 0.430. The van der Waals surface area contributed by atoms with E-state index in [1.54, 1.807) is 48.5 Å². The van der Waals surface area contributed by atoms with Gasteiger partial charge < -0.3 is 10.6 Å². The number of benzene rings is 2. The summed E-state index contributed by atoms with van der Waals surface area (Å²) in [5.74, 6) is -0.116. The molecule has 0 fully saturated rings. The number of unbranched alkanes of at least 4 members (excludes halogenated alkanes) is 1. The molecule has 2 N–H and O–H groups in total. The number of aromatic nitrogens is 2. The van der Waals surface area contributed by atoms with Crippen LogP contribution in [0.5, 0.6) is 0 Å². The highest BCUT2D eigenvalue weighted by Crippen LogP contribution is 2.20. The minimum absolute atomic E-state index is 0.0480. The molecule has 2 amide bonds. The number of rotatable bonds is 10. The second kappa shape index (κ2) is 11.7. The van der Waals surface area contributed by atoms with Gasteiger partial charge in [-0.25, -0.2) is 4.79 Å². The van der Waals surface area contributed by atoms with E-state index in [0.29, 0.717) is 53.3 Å². The van der Waals surface area contributed by atoms with Crippen LogP contribution in [0.3, 0.4) is 0 Å². The molecule has 0 radical (unpaired) electrons. The fourth-order valence-electron chi connectivity index (χ4n) is 3.58. The molecule has 0 saturated carbocycles. The zero-order valence-electron chi connectivity index (χ0n) is 19.3. The van der Waals surface area contributed by atoms with E-state index < -0.39 is 17.2 Å². The molecule has 9 heteroatoms. The highest BCUT2D eigenvalue weighted by atomic mass is 35.5. The molecule has 0 aliphatic rings. The van der Waals surface area contributed by atoms with Crippen molar-refractivity contribution in [2.45, 2.75) is 46.2 Å². The summed E-state index contributed by atoms with van der Waals surface area (Å²) in [4.78, 5) is 50.8. The highest BCUT2D eigenvalue weighted by molar-refractivity contribution is 6.33. The van der Waals surface area contributed by atoms with Gasteiger partial charge in [-0.15, -0.1) is 0 Å². The number of fused-ring (bicyclic) bond motifs is 1. The van der Waals surface area contributed by atoms with Gasteiger partial charge in [-0.1, -0.05) is 49.7 Å². The summed E-state index contributed by atoms with van der Waals surface area (Å²) >= 11 is 6.11. The molecule has 0 saturated heterocycles. The largest absolute Gasteiger partial charge is 0.356 e. The van der Waals surface area contributed by atoms with Crippen LogP contribution >= 0.6 is 11.6 Å². The van der Waals surface area contributed by atoms with Gasteiger partial charge in [0.05, 0.1) is 21.6 Å². The van der Waals surface area contributed by atoms with E-state index in [4.69, 9.17) is 11.6 Å². The number of amides is 2. The average Bonchev–Trinajstić information content (AvgIpc) is 2.81. The van der Waals surface area contributed by atoms with E-state index in [1.165, 1.54) is 4.57 Å². The first-order valence-corrected chi connectivity index (χ1v) is 11.7. The normalized spacial score (nSPS) is 11.1. The Balaban J connectivity index is 1.79. The lowest BCUT2D eigenvalue weighted by molar-refractivity contribution is -0.121. The molecule has 0 aliphatic heterocycles. The van der Waals surface area contributed by atoms with Crippen LogP contribution in [0, 0.1) is 5.92 Å². The minimum atomic E-state index is -0.567. The van der Waals surface area contributed by atoms with Crippen molar-refractivity contribution in [3.8, 4) is 0 Å². The summed E-state index contributed by atoms with van der Waals surface area (Å²) in [5, 5.41) is 6.30. The number of nitrogens with one attached hydrogen (secondary N) is 2. The van der Waals surface area contributed by atoms with Crippen molar-refractivity contribution in [2.24, 2.45) is 5.92 Å². The fraction of sp³-hybridized carbons (Fsp3) is 0.360. The molecule has 0 unspecified atom stereocenters. The van der Waals surface area contributed by atoms with Crippen molar-refractivity contribution in [2.75, 3.05) is 11.9 Å². The number of carbonyl (C=O) groups is 2. The Morgan fingerprint density at radius 3 is 2.38 bits per heavy atom. The van der Waals surface area contributed by atoms with Crippen molar-refractivity contribution in [1.82, 2.24) is 14.5 Å². The van der Waals surface area contributed by atoms with Crippen LogP contribution in [-0.4, -0.2) is 27.5 Å². The SMILES string of the molecule is CC(C)CNC(=O)CCCCn1c(=O)c2ccccc2n(CC(=O)Nc2ccccc2Cl)c1=O. The number of nitrogens with zero attached hydrogens (tertiary/aromatic N) is 2. The topological polar surface area (TPSA) is 102 Å². The monoisotopic (exact) mass is 484 g/mol. The van der Waals surface area contributed by atoms with Crippen LogP contribution in [-0.2, 0) is 22.7 Å². The van der Waals surface area contributed by atoms with Crippen molar-refractivity contribution < 1.29 is 9.59 Å². The Labute approximate surface area is 202 Å². The van der Waals surface area contributed by atoms with Gasteiger partial charge in [-0.2, -0.15) is 0 Å². The molecule has 1 heterocycles. The Kier molecular flexibility index (Phi) is 8.65. The second-order valence-electron chi connectivity index (χ2n) is 8.53. The van der Waals surface area contributed by atoms with E-state index in [0.717, 1.165) is 4.57 Å². The first-order chi connectivity index (χ1) is 16.3. The second-order valence-corrected chi connectivity index (χ2v) is 8.93. The third kappa shape index (κ3) is 6.35. The van der Waals surface area contributed by atoms with Crippen LogP contribution in [0.4, 0.5) is 5.69 Å². The summed E-state index contributed by atoms with van der Waals surface area (Å²) in [7, 11) is 0. The van der Waals surface area contributed by atoms with E-state index >= 15 is 0 Å². The van der Waals surface area contributed by atoms with Crippen LogP contribution < -0.4 is 21.9 Å². The summed E-state index contributed by atoms with van der Waals surface area (Å²) in [6, 6.07) is 13.5. The van der Waals surface area contributed by atoms with E-state index in [1.807, 2.05) is 13.8 Å². The maximum absolute atomic E-state index is 13.2. The predicted molar refractivity (Wildman–Crippen MR) is 134 cm³/mol. The van der Waals surface area contributed by atoms with E-state index in [9.17, 15) is 19.2 Å². The molecule has 180 valence electrons. The van der Waals surface area contributed by atoms with Gasteiger partial charge in [-0.05, 0) is 43.0 Å². The van der Waals surface area contributed by atoms with E-state index in [2.05, 4.69) is 10.6 Å². The fourth-order valence-corrected chi connectivity index (χ4v) is 3.76. The lowest BCUT2D eigenvalue weighted by Crippen LogP contribution is -2.41. The number of carbonyl (C=O) groups excluding carboxylic acids is 2. The number of anilines is 1. The molecule has 2 aromatic carbocycles. The number of hydrogen-bond donors (Lipinski definition) is 2. The molecule has 0 spiro atoms. The smallest absolute Gasteiger partial charge is 0.331 e. The van der Waals surface area contributed by atoms with Gasteiger partial charge in [0.25, 0.3) is 5.56 Å². The van der Waals surface area contributed by atoms with Crippen molar-refractivity contribution >= 4 is 40.0 Å². The number of halogens is 1. The zero-order valence-corrected chi connectivity index (χ0v) is 20.1. The highest BCUT2D eigenvalue weighted by Gasteiger charge is 2.16. The molecular weight excluding hydrogens is 456 g/mol. The van der Waals surface area contributed by atoms with Gasteiger partial charge in [0, 0.05) is 19.5 Å². The third-order valence-corrected chi connectivity index (χ3v) is 5.65. The number of para-hydroxylation sites is 2. The molecule has 0 atom stereocenters. The van der Waals surface area contributed by atoms with Gasteiger partial charge in [0.1, 0.15) is 6.54 Å². The van der Waals surface area contributed by atoms with Crippen LogP contribution in [0.25, 0.3) is 10.9 Å². The number of hydrogen-bond acceptors (Lipinski definition) is 4. The summed E-state index contributed by atoms with van der Waals surface area (Å²) in [6.07, 6.45) is 1.34. The summed E-state index contributed by atoms with van der Waals surface area (Å²) in [5.41, 5.74) is -0.151. The molecule has 0 aliphatic carbocycles. The Morgan fingerprint density at radius 2 is 1.65 bits per heavy atom. The zero-order chi connectivity index (χ0) is 24.7. The van der Waals surface area contributed by atoms with Gasteiger partial charge >= 0.3 is 5.69 Å². The standard InChI is InChI=1S/C25H29ClN4O4/c1-17(2)15-27-22(31)13-7-8-14-29-24(33)18-9-3-6-12-21(18)30(25(29)34)16-23(32)28-20-11-5-4-10-19(20)26/h3-6,9-12,17H,7-8,13-16H2,1-2H3,(H,27,31)(H,28,32). The first-order valence-electron chi connectivity index (χ1n) is 11.3. The Bertz CT molecular complexity index is 1300. The summed E-state index contributed by atoms with van der Waals surface area (Å²) < 4.78 is 2.43. The molecule has 1 aromatic heterocycles. The minimum Gasteiger partial charge on any atom is -0.356 e. The maximum atomic E-state index is 13.2. The van der Waals surface area contributed by atoms with Gasteiger partial charge in [0.15, 0.2) is 0 Å². The van der Waals surface area contributed by atoms with Crippen molar-refractivity contribution in [1.29, 1.82) is 0 Å². The van der Waals surface area contributed by atoms with Crippen LogP contribution in [0.15, 0.2) is 58.1 Å². The van der Waals surface area contributed by atoms with Gasteiger partial charge in [-0.3, -0.25) is 23.5 Å². The lowest BCUT2D eigenvalue weighted by atomic mass is 10.2. The van der Waals surface area contributed by atoms with Crippen molar-refractivity contribution in [3.05, 3.63) is 74.4 Å². The Morgan fingerprint density at radius 1 is 0.941 bits per heavy atom. The molecule has 3 rings (SSSR count). The van der Waals surface area contributed by atoms with Crippen LogP contribution in [0.2, 0.25) is 5.02 Å². The molecular formula is C25H29ClN4O4. The van der Waals surface area contributed by atoms with Crippen molar-refractivity contribution in [3.63, 3.8) is 0 Å². The van der Waals surface area contributed by atoms with Gasteiger partial charge in [0.2, 0.25) is 11.8 Å². The maximum Gasteiger partial charge on any atom is 0.331 e.